The lowest BCUT2D eigenvalue weighted by molar-refractivity contribution is -0.137. The average molecular weight is 367 g/mol. The molecule has 3 rings (SSSR count). The first-order chi connectivity index (χ1) is 11.8. The van der Waals surface area contributed by atoms with E-state index in [2.05, 4.69) is 10.5 Å². The van der Waals surface area contributed by atoms with E-state index < -0.39 is 11.7 Å². The van der Waals surface area contributed by atoms with Crippen molar-refractivity contribution in [2.24, 2.45) is 11.0 Å². The Bertz CT molecular complexity index is 785. The summed E-state index contributed by atoms with van der Waals surface area (Å²) in [6.45, 7) is 0. The van der Waals surface area contributed by atoms with Crippen LogP contribution in [0.2, 0.25) is 5.02 Å². The van der Waals surface area contributed by atoms with Gasteiger partial charge in [0, 0.05) is 10.9 Å². The van der Waals surface area contributed by atoms with Gasteiger partial charge in [0.15, 0.2) is 0 Å². The number of carbonyl (C=O) groups excluding carboxylic acids is 1. The standard InChI is InChI=1S/C18H14ClF3N2O/c19-14-7-3-12(4-8-14)15-9-16(15)17(25)24-23-10-11-1-5-13(6-2-11)18(20,21)22/h1-8,10,15-16H,9H2,(H,24,25)/b23-10+. The third kappa shape index (κ3) is 4.39. The maximum Gasteiger partial charge on any atom is 0.416 e. The van der Waals surface area contributed by atoms with Crippen LogP contribution in [0.5, 0.6) is 0 Å². The second kappa shape index (κ2) is 6.88. The smallest absolute Gasteiger partial charge is 0.273 e. The lowest BCUT2D eigenvalue weighted by atomic mass is 10.1. The number of alkyl halides is 3. The molecule has 0 aromatic heterocycles. The lowest BCUT2D eigenvalue weighted by Crippen LogP contribution is -2.20. The normalized spacial score (nSPS) is 19.8. The number of rotatable bonds is 4. The molecule has 0 radical (unpaired) electrons. The van der Waals surface area contributed by atoms with E-state index in [0.717, 1.165) is 24.1 Å². The van der Waals surface area contributed by atoms with E-state index in [-0.39, 0.29) is 17.7 Å². The molecule has 1 amide bonds. The van der Waals surface area contributed by atoms with Gasteiger partial charge in [-0.2, -0.15) is 18.3 Å². The summed E-state index contributed by atoms with van der Waals surface area (Å²) < 4.78 is 37.4. The number of nitrogens with zero attached hydrogens (tertiary/aromatic N) is 1. The molecule has 0 spiro atoms. The summed E-state index contributed by atoms with van der Waals surface area (Å²) in [4.78, 5) is 12.0. The fourth-order valence-corrected chi connectivity index (χ4v) is 2.70. The van der Waals surface area contributed by atoms with Gasteiger partial charge in [0.25, 0.3) is 0 Å². The van der Waals surface area contributed by atoms with E-state index in [9.17, 15) is 18.0 Å². The van der Waals surface area contributed by atoms with Crippen molar-refractivity contribution in [1.29, 1.82) is 0 Å². The number of nitrogens with one attached hydrogen (secondary N) is 1. The second-order valence-corrected chi connectivity index (χ2v) is 6.29. The summed E-state index contributed by atoms with van der Waals surface area (Å²) >= 11 is 5.84. The lowest BCUT2D eigenvalue weighted by Gasteiger charge is -2.05. The SMILES string of the molecule is O=C(N/N=C/c1ccc(C(F)(F)F)cc1)C1CC1c1ccc(Cl)cc1. The molecule has 2 unspecified atom stereocenters. The zero-order chi connectivity index (χ0) is 18.0. The summed E-state index contributed by atoms with van der Waals surface area (Å²) in [7, 11) is 0. The third-order valence-corrected chi connectivity index (χ3v) is 4.30. The van der Waals surface area contributed by atoms with Crippen LogP contribution < -0.4 is 5.43 Å². The van der Waals surface area contributed by atoms with Crippen LogP contribution in [0.1, 0.15) is 29.0 Å². The van der Waals surface area contributed by atoms with Crippen LogP contribution in [-0.4, -0.2) is 12.1 Å². The van der Waals surface area contributed by atoms with Crippen LogP contribution in [0, 0.1) is 5.92 Å². The molecule has 0 heterocycles. The topological polar surface area (TPSA) is 41.5 Å². The zero-order valence-corrected chi connectivity index (χ0v) is 13.7. The molecular weight excluding hydrogens is 353 g/mol. The molecule has 7 heteroatoms. The Morgan fingerprint density at radius 1 is 1.12 bits per heavy atom. The number of halogens is 4. The second-order valence-electron chi connectivity index (χ2n) is 5.85. The maximum atomic E-state index is 12.5. The van der Waals surface area contributed by atoms with Crippen molar-refractivity contribution >= 4 is 23.7 Å². The highest BCUT2D eigenvalue weighted by atomic mass is 35.5. The molecule has 3 nitrogen and oxygen atoms in total. The summed E-state index contributed by atoms with van der Waals surface area (Å²) in [5, 5.41) is 4.45. The fourth-order valence-electron chi connectivity index (χ4n) is 2.57. The average Bonchev–Trinajstić information content (AvgIpc) is 3.36. The molecule has 0 bridgehead atoms. The number of hydrazone groups is 1. The van der Waals surface area contributed by atoms with Crippen LogP contribution in [0.3, 0.4) is 0 Å². The van der Waals surface area contributed by atoms with E-state index in [0.29, 0.717) is 10.6 Å². The number of amides is 1. The van der Waals surface area contributed by atoms with E-state index in [1.807, 2.05) is 12.1 Å². The Balaban J connectivity index is 1.53. The van der Waals surface area contributed by atoms with Gasteiger partial charge >= 0.3 is 6.18 Å². The molecule has 2 aromatic carbocycles. The molecule has 2 atom stereocenters. The Kier molecular flexibility index (Phi) is 4.81. The molecule has 1 fully saturated rings. The van der Waals surface area contributed by atoms with Crippen molar-refractivity contribution in [3.05, 3.63) is 70.2 Å². The first kappa shape index (κ1) is 17.5. The van der Waals surface area contributed by atoms with Gasteiger partial charge in [0.05, 0.1) is 11.8 Å². The van der Waals surface area contributed by atoms with Crippen molar-refractivity contribution in [1.82, 2.24) is 5.43 Å². The number of carbonyl (C=O) groups is 1. The van der Waals surface area contributed by atoms with Crippen molar-refractivity contribution in [3.63, 3.8) is 0 Å². The summed E-state index contributed by atoms with van der Waals surface area (Å²) in [5.41, 5.74) is 3.23. The Hall–Kier alpha value is -2.34. The molecule has 1 saturated carbocycles. The van der Waals surface area contributed by atoms with Crippen LogP contribution in [0.15, 0.2) is 53.6 Å². The Morgan fingerprint density at radius 3 is 2.36 bits per heavy atom. The molecule has 2 aromatic rings. The molecule has 130 valence electrons. The van der Waals surface area contributed by atoms with Gasteiger partial charge in [-0.05, 0) is 47.7 Å². The minimum absolute atomic E-state index is 0.147. The Morgan fingerprint density at radius 2 is 1.76 bits per heavy atom. The van der Waals surface area contributed by atoms with Crippen molar-refractivity contribution in [2.75, 3.05) is 0 Å². The van der Waals surface area contributed by atoms with Crippen LogP contribution in [-0.2, 0) is 11.0 Å². The Labute approximate surface area is 147 Å². The van der Waals surface area contributed by atoms with Crippen LogP contribution in [0.25, 0.3) is 0 Å². The van der Waals surface area contributed by atoms with Crippen molar-refractivity contribution in [3.8, 4) is 0 Å². The predicted molar refractivity (Wildman–Crippen MR) is 89.5 cm³/mol. The minimum atomic E-state index is -4.37. The van der Waals surface area contributed by atoms with E-state index in [4.69, 9.17) is 11.6 Å². The van der Waals surface area contributed by atoms with Gasteiger partial charge in [-0.3, -0.25) is 4.79 Å². The predicted octanol–water partition coefficient (Wildman–Crippen LogP) is 4.61. The van der Waals surface area contributed by atoms with Gasteiger partial charge < -0.3 is 0 Å². The number of hydrogen-bond donors (Lipinski definition) is 1. The molecule has 1 N–H and O–H groups in total. The maximum absolute atomic E-state index is 12.5. The fraction of sp³-hybridized carbons (Fsp3) is 0.222. The first-order valence-corrected chi connectivity index (χ1v) is 7.98. The van der Waals surface area contributed by atoms with E-state index >= 15 is 0 Å². The summed E-state index contributed by atoms with van der Waals surface area (Å²) in [5.74, 6) is -0.201. The minimum Gasteiger partial charge on any atom is -0.273 e. The van der Waals surface area contributed by atoms with Gasteiger partial charge in [-0.1, -0.05) is 35.9 Å². The zero-order valence-electron chi connectivity index (χ0n) is 12.9. The highest BCUT2D eigenvalue weighted by Crippen LogP contribution is 2.47. The highest BCUT2D eigenvalue weighted by molar-refractivity contribution is 6.30. The summed E-state index contributed by atoms with van der Waals surface area (Å²) in [6, 6.07) is 11.9. The molecule has 1 aliphatic rings. The van der Waals surface area contributed by atoms with Crippen molar-refractivity contribution in [2.45, 2.75) is 18.5 Å². The first-order valence-electron chi connectivity index (χ1n) is 7.60. The van der Waals surface area contributed by atoms with Crippen LogP contribution >= 0.6 is 11.6 Å². The van der Waals surface area contributed by atoms with Crippen molar-refractivity contribution < 1.29 is 18.0 Å². The summed E-state index contributed by atoms with van der Waals surface area (Å²) in [6.07, 6.45) is -2.31. The van der Waals surface area contributed by atoms with E-state index in [1.165, 1.54) is 18.3 Å². The molecule has 0 saturated heterocycles. The highest BCUT2D eigenvalue weighted by Gasteiger charge is 2.43. The van der Waals surface area contributed by atoms with Gasteiger partial charge in [-0.15, -0.1) is 0 Å². The molecule has 0 aliphatic heterocycles. The van der Waals surface area contributed by atoms with E-state index in [1.54, 1.807) is 12.1 Å². The van der Waals surface area contributed by atoms with Crippen LogP contribution in [0.4, 0.5) is 13.2 Å². The van der Waals surface area contributed by atoms with Gasteiger partial charge in [0.2, 0.25) is 5.91 Å². The molecule has 25 heavy (non-hydrogen) atoms. The molecule has 1 aliphatic carbocycles. The number of benzene rings is 2. The monoisotopic (exact) mass is 366 g/mol. The number of hydrogen-bond acceptors (Lipinski definition) is 2. The largest absolute Gasteiger partial charge is 0.416 e. The van der Waals surface area contributed by atoms with Gasteiger partial charge in [-0.25, -0.2) is 5.43 Å². The quantitative estimate of drug-likeness (QED) is 0.623. The van der Waals surface area contributed by atoms with Gasteiger partial charge in [0.1, 0.15) is 0 Å². The molecular formula is C18H14ClF3N2O. The third-order valence-electron chi connectivity index (χ3n) is 4.05.